The number of nitrogens with two attached hydrogens (primary N) is 3. The summed E-state index contributed by atoms with van der Waals surface area (Å²) in [5, 5.41) is 28.1. The van der Waals surface area contributed by atoms with E-state index in [4.69, 9.17) is 17.2 Å². The van der Waals surface area contributed by atoms with Gasteiger partial charge in [0.1, 0.15) is 23.9 Å². The van der Waals surface area contributed by atoms with Crippen LogP contribution in [0.25, 0.3) is 10.9 Å². The first-order chi connectivity index (χ1) is 21.3. The zero-order chi connectivity index (χ0) is 33.1. The molecule has 0 aliphatic rings. The van der Waals surface area contributed by atoms with Gasteiger partial charge >= 0.3 is 5.97 Å². The molecule has 2 aromatic carbocycles. The van der Waals surface area contributed by atoms with Crippen LogP contribution in [0.1, 0.15) is 37.8 Å². The first kappa shape index (κ1) is 34.4. The number of aromatic amines is 1. The summed E-state index contributed by atoms with van der Waals surface area (Å²) in [6, 6.07) is 9.02. The molecule has 0 fully saturated rings. The number of amides is 3. The van der Waals surface area contributed by atoms with Crippen molar-refractivity contribution in [2.24, 2.45) is 28.1 Å². The number of guanidine groups is 1. The number of hydrogen-bond donors (Lipinski definition) is 9. The highest BCUT2D eigenvalue weighted by Gasteiger charge is 2.32. The Labute approximate surface area is 260 Å². The quantitative estimate of drug-likeness (QED) is 0.0601. The number of aromatic nitrogens is 1. The second-order valence-electron chi connectivity index (χ2n) is 11.2. The number of hydrogen-bond acceptors (Lipinski definition) is 7. The Morgan fingerprint density at radius 1 is 0.889 bits per heavy atom. The molecule has 0 saturated carbocycles. The van der Waals surface area contributed by atoms with Gasteiger partial charge in [-0.25, -0.2) is 4.79 Å². The highest BCUT2D eigenvalue weighted by atomic mass is 16.4. The fraction of sp³-hybridized carbons (Fsp3) is 0.387. The van der Waals surface area contributed by atoms with Crippen LogP contribution >= 0.6 is 0 Å². The molecule has 0 aliphatic carbocycles. The van der Waals surface area contributed by atoms with Crippen molar-refractivity contribution in [1.82, 2.24) is 20.9 Å². The molecule has 1 heterocycles. The second-order valence-corrected chi connectivity index (χ2v) is 11.2. The number of phenolic OH excluding ortho intramolecular Hbond substituents is 1. The molecule has 4 unspecified atom stereocenters. The van der Waals surface area contributed by atoms with Crippen LogP contribution in [0.5, 0.6) is 5.75 Å². The lowest BCUT2D eigenvalue weighted by molar-refractivity contribution is -0.143. The van der Waals surface area contributed by atoms with E-state index in [2.05, 4.69) is 25.9 Å². The van der Waals surface area contributed by atoms with Gasteiger partial charge in [-0.3, -0.25) is 19.4 Å². The van der Waals surface area contributed by atoms with Gasteiger partial charge < -0.3 is 48.3 Å². The van der Waals surface area contributed by atoms with E-state index in [1.165, 1.54) is 12.1 Å². The summed E-state index contributed by atoms with van der Waals surface area (Å²) >= 11 is 0. The van der Waals surface area contributed by atoms with Crippen LogP contribution in [0.2, 0.25) is 0 Å². The molecule has 0 radical (unpaired) electrons. The highest BCUT2D eigenvalue weighted by molar-refractivity contribution is 5.95. The van der Waals surface area contributed by atoms with Gasteiger partial charge in [0, 0.05) is 36.5 Å². The predicted octanol–water partition coefficient (Wildman–Crippen LogP) is 0.235. The number of nitrogens with zero attached hydrogens (tertiary/aromatic N) is 1. The highest BCUT2D eigenvalue weighted by Crippen LogP contribution is 2.20. The Morgan fingerprint density at radius 3 is 2.16 bits per heavy atom. The molecule has 0 spiro atoms. The van der Waals surface area contributed by atoms with E-state index < -0.39 is 53.8 Å². The van der Waals surface area contributed by atoms with Gasteiger partial charge in [0.15, 0.2) is 5.96 Å². The van der Waals surface area contributed by atoms with Gasteiger partial charge in [-0.2, -0.15) is 0 Å². The van der Waals surface area contributed by atoms with Crippen LogP contribution in [-0.2, 0) is 32.0 Å². The Morgan fingerprint density at radius 2 is 1.51 bits per heavy atom. The number of aliphatic imine (C=N–C) groups is 1. The maximum Gasteiger partial charge on any atom is 0.326 e. The van der Waals surface area contributed by atoms with Crippen molar-refractivity contribution in [1.29, 1.82) is 0 Å². The third-order valence-corrected chi connectivity index (χ3v) is 7.28. The van der Waals surface area contributed by atoms with Crippen LogP contribution in [-0.4, -0.2) is 75.6 Å². The summed E-state index contributed by atoms with van der Waals surface area (Å²) in [5.41, 5.74) is 19.0. The number of aromatic hydroxyl groups is 1. The predicted molar refractivity (Wildman–Crippen MR) is 170 cm³/mol. The largest absolute Gasteiger partial charge is 0.508 e. The SMILES string of the molecule is CC(C)C(NC(=O)C(Cc1ccc(O)cc1)NC(=O)C(Cc1c[nH]c2ccccc12)NC(=O)C(N)CCCN=C(N)N)C(=O)O. The summed E-state index contributed by atoms with van der Waals surface area (Å²) in [6.45, 7) is 3.59. The number of rotatable bonds is 16. The first-order valence-corrected chi connectivity index (χ1v) is 14.6. The summed E-state index contributed by atoms with van der Waals surface area (Å²) in [5.74, 6) is -3.67. The number of para-hydroxylation sites is 1. The molecule has 3 amide bonds. The number of phenols is 1. The number of aliphatic carboxylic acids is 1. The van der Waals surface area contributed by atoms with Gasteiger partial charge in [0.05, 0.1) is 6.04 Å². The first-order valence-electron chi connectivity index (χ1n) is 14.6. The normalized spacial score (nSPS) is 13.8. The summed E-state index contributed by atoms with van der Waals surface area (Å²) in [7, 11) is 0. The zero-order valence-electron chi connectivity index (χ0n) is 25.3. The Balaban J connectivity index is 1.87. The van der Waals surface area contributed by atoms with E-state index >= 15 is 0 Å². The molecular weight excluding hydrogens is 580 g/mol. The molecular formula is C31H42N8O6. The number of benzene rings is 2. The van der Waals surface area contributed by atoms with Crippen molar-refractivity contribution in [2.45, 2.75) is 63.7 Å². The number of carbonyl (C=O) groups is 4. The zero-order valence-corrected chi connectivity index (χ0v) is 25.3. The average Bonchev–Trinajstić information content (AvgIpc) is 3.40. The molecule has 12 N–H and O–H groups in total. The fourth-order valence-corrected chi connectivity index (χ4v) is 4.78. The van der Waals surface area contributed by atoms with Crippen molar-refractivity contribution in [2.75, 3.05) is 6.54 Å². The lowest BCUT2D eigenvalue weighted by Gasteiger charge is -2.26. The maximum atomic E-state index is 13.9. The molecule has 3 aromatic rings. The standard InChI is InChI=1S/C31H42N8O6/c1-17(2)26(30(44)45)39-29(43)24(14-18-9-11-20(40)12-10-18)38-28(42)25(15-19-16-36-23-8-4-3-6-21(19)23)37-27(41)22(32)7-5-13-35-31(33)34/h3-4,6,8-12,16-17,22,24-26,36,40H,5,7,13-15,32H2,1-2H3,(H,37,41)(H,38,42)(H,39,43)(H,44,45)(H4,33,34,35). The van der Waals surface area contributed by atoms with E-state index in [1.807, 2.05) is 24.3 Å². The Bertz CT molecular complexity index is 1500. The van der Waals surface area contributed by atoms with Crippen LogP contribution in [0.4, 0.5) is 0 Å². The molecule has 4 atom stereocenters. The topological polar surface area (TPSA) is 251 Å². The monoisotopic (exact) mass is 622 g/mol. The van der Waals surface area contributed by atoms with Gasteiger partial charge in [-0.15, -0.1) is 0 Å². The summed E-state index contributed by atoms with van der Waals surface area (Å²) in [4.78, 5) is 59.3. The molecule has 14 heteroatoms. The number of H-pyrrole nitrogens is 1. The van der Waals surface area contributed by atoms with Crippen LogP contribution in [0.3, 0.4) is 0 Å². The second kappa shape index (κ2) is 16.1. The minimum Gasteiger partial charge on any atom is -0.508 e. The molecule has 1 aromatic heterocycles. The smallest absolute Gasteiger partial charge is 0.326 e. The summed E-state index contributed by atoms with van der Waals surface area (Å²) < 4.78 is 0. The number of carboxylic acids is 1. The minimum absolute atomic E-state index is 0.0135. The van der Waals surface area contributed by atoms with Gasteiger partial charge in [-0.05, 0) is 48.1 Å². The van der Waals surface area contributed by atoms with E-state index in [9.17, 15) is 29.4 Å². The maximum absolute atomic E-state index is 13.9. The third-order valence-electron chi connectivity index (χ3n) is 7.28. The van der Waals surface area contributed by atoms with E-state index in [0.29, 0.717) is 12.0 Å². The number of fused-ring (bicyclic) bond motifs is 1. The van der Waals surface area contributed by atoms with Gasteiger partial charge in [-0.1, -0.05) is 44.2 Å². The fourth-order valence-electron chi connectivity index (χ4n) is 4.78. The van der Waals surface area contributed by atoms with Crippen molar-refractivity contribution >= 4 is 40.6 Å². The number of carboxylic acid groups (broad SMARTS) is 1. The Hall–Kier alpha value is -5.11. The lowest BCUT2D eigenvalue weighted by Crippen LogP contribution is -2.58. The van der Waals surface area contributed by atoms with E-state index in [1.54, 1.807) is 32.2 Å². The third kappa shape index (κ3) is 10.2. The van der Waals surface area contributed by atoms with Gasteiger partial charge in [0.25, 0.3) is 0 Å². The van der Waals surface area contributed by atoms with Crippen LogP contribution < -0.4 is 33.2 Å². The molecule has 3 rings (SSSR count). The van der Waals surface area contributed by atoms with E-state index in [0.717, 1.165) is 16.5 Å². The number of carbonyl (C=O) groups excluding carboxylic acids is 3. The summed E-state index contributed by atoms with van der Waals surface area (Å²) in [6.07, 6.45) is 2.48. The molecule has 45 heavy (non-hydrogen) atoms. The van der Waals surface area contributed by atoms with Crippen LogP contribution in [0.15, 0.2) is 59.7 Å². The van der Waals surface area contributed by atoms with Crippen molar-refractivity contribution in [3.05, 3.63) is 65.9 Å². The van der Waals surface area contributed by atoms with Gasteiger partial charge in [0.2, 0.25) is 17.7 Å². The number of nitrogens with one attached hydrogen (secondary N) is 4. The molecule has 0 bridgehead atoms. The van der Waals surface area contributed by atoms with Crippen molar-refractivity contribution in [3.63, 3.8) is 0 Å². The van der Waals surface area contributed by atoms with Crippen molar-refractivity contribution in [3.8, 4) is 5.75 Å². The molecule has 0 aliphatic heterocycles. The lowest BCUT2D eigenvalue weighted by atomic mass is 10.00. The van der Waals surface area contributed by atoms with Crippen molar-refractivity contribution < 1.29 is 29.4 Å². The Kier molecular flexibility index (Phi) is 12.3. The molecule has 0 saturated heterocycles. The van der Waals surface area contributed by atoms with E-state index in [-0.39, 0.29) is 37.5 Å². The molecule has 14 nitrogen and oxygen atoms in total. The molecule has 242 valence electrons. The van der Waals surface area contributed by atoms with Crippen LogP contribution in [0, 0.1) is 5.92 Å². The average molecular weight is 623 g/mol. The minimum atomic E-state index is -1.22.